The molecule has 0 radical (unpaired) electrons. The summed E-state index contributed by atoms with van der Waals surface area (Å²) in [6.45, 7) is 4.48. The van der Waals surface area contributed by atoms with Gasteiger partial charge in [0, 0.05) is 17.3 Å². The lowest BCUT2D eigenvalue weighted by Gasteiger charge is -2.19. The van der Waals surface area contributed by atoms with E-state index in [2.05, 4.69) is 40.7 Å². The molecule has 5 heteroatoms. The molecule has 3 rings (SSSR count). The van der Waals surface area contributed by atoms with Crippen LogP contribution in [0.3, 0.4) is 0 Å². The lowest BCUT2D eigenvalue weighted by molar-refractivity contribution is 0.0939. The van der Waals surface area contributed by atoms with Crippen molar-refractivity contribution >= 4 is 17.6 Å². The lowest BCUT2D eigenvalue weighted by atomic mass is 9.90. The fraction of sp³-hybridized carbons (Fsp3) is 0.391. The Labute approximate surface area is 167 Å². The van der Waals surface area contributed by atoms with Gasteiger partial charge in [0.05, 0.1) is 6.54 Å². The largest absolute Gasteiger partial charge is 0.370 e. The van der Waals surface area contributed by atoms with E-state index in [1.807, 2.05) is 31.2 Å². The molecule has 0 saturated carbocycles. The first-order valence-electron chi connectivity index (χ1n) is 10.1. The quantitative estimate of drug-likeness (QED) is 0.525. The predicted octanol–water partition coefficient (Wildman–Crippen LogP) is 4.02. The number of hydrogen-bond acceptors (Lipinski definition) is 2. The first-order chi connectivity index (χ1) is 13.6. The van der Waals surface area contributed by atoms with E-state index in [-0.39, 0.29) is 11.9 Å². The monoisotopic (exact) mass is 378 g/mol. The van der Waals surface area contributed by atoms with E-state index < -0.39 is 0 Å². The highest BCUT2D eigenvalue weighted by molar-refractivity contribution is 5.95. The van der Waals surface area contributed by atoms with Crippen LogP contribution in [-0.2, 0) is 19.4 Å². The van der Waals surface area contributed by atoms with Gasteiger partial charge < -0.3 is 16.4 Å². The molecule has 0 spiro atoms. The topological polar surface area (TPSA) is 79.5 Å². The van der Waals surface area contributed by atoms with Gasteiger partial charge in [0.2, 0.25) is 0 Å². The molecule has 0 aromatic heterocycles. The Morgan fingerprint density at radius 2 is 1.96 bits per heavy atom. The number of amides is 1. The molecule has 0 aliphatic heterocycles. The molecule has 1 amide bonds. The van der Waals surface area contributed by atoms with E-state index in [1.54, 1.807) is 0 Å². The number of hydrogen-bond donors (Lipinski definition) is 3. The van der Waals surface area contributed by atoms with Crippen molar-refractivity contribution in [1.29, 1.82) is 0 Å². The average molecular weight is 379 g/mol. The van der Waals surface area contributed by atoms with Crippen molar-refractivity contribution in [2.45, 2.75) is 58.5 Å². The third-order valence-corrected chi connectivity index (χ3v) is 5.27. The van der Waals surface area contributed by atoms with Crippen LogP contribution in [0, 0.1) is 0 Å². The third kappa shape index (κ3) is 5.12. The van der Waals surface area contributed by atoms with Gasteiger partial charge in [0.25, 0.3) is 5.91 Å². The van der Waals surface area contributed by atoms with E-state index >= 15 is 0 Å². The maximum absolute atomic E-state index is 12.3. The zero-order valence-corrected chi connectivity index (χ0v) is 16.8. The Morgan fingerprint density at radius 1 is 1.18 bits per heavy atom. The third-order valence-electron chi connectivity index (χ3n) is 5.27. The number of carbonyl (C=O) groups is 1. The van der Waals surface area contributed by atoms with Gasteiger partial charge in [-0.05, 0) is 73.9 Å². The normalized spacial score (nSPS) is 14.9. The summed E-state index contributed by atoms with van der Waals surface area (Å²) in [6, 6.07) is 14.0. The Morgan fingerprint density at radius 3 is 2.79 bits per heavy atom. The highest BCUT2D eigenvalue weighted by Gasteiger charge is 2.13. The number of nitrogens with two attached hydrogens (primary N) is 1. The summed E-state index contributed by atoms with van der Waals surface area (Å²) in [5.41, 5.74) is 11.6. The fourth-order valence-electron chi connectivity index (χ4n) is 3.47. The van der Waals surface area contributed by atoms with Crippen LogP contribution in [0.5, 0.6) is 0 Å². The van der Waals surface area contributed by atoms with Gasteiger partial charge in [-0.3, -0.25) is 4.79 Å². The summed E-state index contributed by atoms with van der Waals surface area (Å²) >= 11 is 0. The van der Waals surface area contributed by atoms with Crippen molar-refractivity contribution in [3.05, 3.63) is 64.7 Å². The molecule has 2 aromatic rings. The zero-order valence-electron chi connectivity index (χ0n) is 16.8. The summed E-state index contributed by atoms with van der Waals surface area (Å²) in [7, 11) is 0. The van der Waals surface area contributed by atoms with E-state index in [4.69, 9.17) is 5.73 Å². The minimum Gasteiger partial charge on any atom is -0.370 e. The number of rotatable bonds is 6. The van der Waals surface area contributed by atoms with Crippen LogP contribution in [0.15, 0.2) is 47.5 Å². The molecule has 148 valence electrons. The number of fused-ring (bicyclic) bond motifs is 1. The van der Waals surface area contributed by atoms with Crippen LogP contribution < -0.4 is 16.4 Å². The molecule has 1 unspecified atom stereocenters. The van der Waals surface area contributed by atoms with Crippen LogP contribution in [0.1, 0.15) is 60.2 Å². The average Bonchev–Trinajstić information content (AvgIpc) is 2.72. The second-order valence-corrected chi connectivity index (χ2v) is 7.46. The summed E-state index contributed by atoms with van der Waals surface area (Å²) < 4.78 is 0. The molecular formula is C23H30N4O. The van der Waals surface area contributed by atoms with Crippen molar-refractivity contribution in [3.63, 3.8) is 0 Å². The molecule has 0 saturated heterocycles. The lowest BCUT2D eigenvalue weighted by Crippen LogP contribution is -2.31. The van der Waals surface area contributed by atoms with Crippen molar-refractivity contribution in [3.8, 4) is 0 Å². The van der Waals surface area contributed by atoms with E-state index in [0.717, 1.165) is 30.5 Å². The highest BCUT2D eigenvalue weighted by Crippen LogP contribution is 2.27. The predicted molar refractivity (Wildman–Crippen MR) is 116 cm³/mol. The van der Waals surface area contributed by atoms with E-state index in [1.165, 1.54) is 24.0 Å². The second-order valence-electron chi connectivity index (χ2n) is 7.46. The van der Waals surface area contributed by atoms with Crippen LogP contribution in [0.4, 0.5) is 5.69 Å². The smallest absolute Gasteiger partial charge is 0.251 e. The van der Waals surface area contributed by atoms with Crippen LogP contribution in [0.2, 0.25) is 0 Å². The number of nitrogens with zero attached hydrogens (tertiary/aromatic N) is 1. The van der Waals surface area contributed by atoms with Crippen molar-refractivity contribution < 1.29 is 4.79 Å². The second kappa shape index (κ2) is 9.40. The SMILES string of the molecule is CCC(C)NC(=O)c1cccc(CN=C(N)Nc2cccc3c2CCCC3)c1. The molecule has 28 heavy (non-hydrogen) atoms. The molecular weight excluding hydrogens is 348 g/mol. The van der Waals surface area contributed by atoms with Crippen LogP contribution in [-0.4, -0.2) is 17.9 Å². The summed E-state index contributed by atoms with van der Waals surface area (Å²) in [4.78, 5) is 16.8. The van der Waals surface area contributed by atoms with Gasteiger partial charge in [-0.25, -0.2) is 4.99 Å². The fourth-order valence-corrected chi connectivity index (χ4v) is 3.47. The molecule has 1 atom stereocenters. The minimum atomic E-state index is -0.0535. The van der Waals surface area contributed by atoms with Crippen molar-refractivity contribution in [2.24, 2.45) is 10.7 Å². The number of guanidine groups is 1. The summed E-state index contributed by atoms with van der Waals surface area (Å²) in [6.07, 6.45) is 5.59. The van der Waals surface area contributed by atoms with Gasteiger partial charge in [-0.15, -0.1) is 0 Å². The number of benzene rings is 2. The first-order valence-corrected chi connectivity index (χ1v) is 10.1. The summed E-state index contributed by atoms with van der Waals surface area (Å²) in [5.74, 6) is 0.343. The van der Waals surface area contributed by atoms with Gasteiger partial charge >= 0.3 is 0 Å². The van der Waals surface area contributed by atoms with Gasteiger partial charge in [-0.1, -0.05) is 31.2 Å². The molecule has 1 aliphatic rings. The van der Waals surface area contributed by atoms with Crippen LogP contribution in [0.25, 0.3) is 0 Å². The first kappa shape index (κ1) is 19.9. The zero-order chi connectivity index (χ0) is 19.9. The molecule has 0 bridgehead atoms. The number of aryl methyl sites for hydroxylation is 1. The maximum Gasteiger partial charge on any atom is 0.251 e. The molecule has 2 aromatic carbocycles. The molecule has 5 nitrogen and oxygen atoms in total. The van der Waals surface area contributed by atoms with Gasteiger partial charge in [0.15, 0.2) is 5.96 Å². The Hall–Kier alpha value is -2.82. The number of aliphatic imine (C=N–C) groups is 1. The number of nitrogens with one attached hydrogen (secondary N) is 2. The molecule has 4 N–H and O–H groups in total. The highest BCUT2D eigenvalue weighted by atomic mass is 16.1. The molecule has 0 fully saturated rings. The minimum absolute atomic E-state index is 0.0535. The Balaban J connectivity index is 1.65. The maximum atomic E-state index is 12.3. The number of anilines is 1. The number of carbonyl (C=O) groups excluding carboxylic acids is 1. The van der Waals surface area contributed by atoms with Gasteiger partial charge in [0.1, 0.15) is 0 Å². The standard InChI is InChI=1S/C23H30N4O/c1-3-16(2)26-22(28)19-11-6-8-17(14-19)15-25-23(24)27-21-13-7-10-18-9-4-5-12-20(18)21/h6-8,10-11,13-14,16H,3-5,9,12,15H2,1-2H3,(H,26,28)(H3,24,25,27). The van der Waals surface area contributed by atoms with Gasteiger partial charge in [-0.2, -0.15) is 0 Å². The van der Waals surface area contributed by atoms with Crippen molar-refractivity contribution in [2.75, 3.05) is 5.32 Å². The van der Waals surface area contributed by atoms with E-state index in [9.17, 15) is 4.79 Å². The van der Waals surface area contributed by atoms with Crippen molar-refractivity contribution in [1.82, 2.24) is 5.32 Å². The Bertz CT molecular complexity index is 859. The van der Waals surface area contributed by atoms with E-state index in [0.29, 0.717) is 18.1 Å². The molecule has 0 heterocycles. The van der Waals surface area contributed by atoms with Crippen LogP contribution >= 0.6 is 0 Å². The molecule has 1 aliphatic carbocycles. The summed E-state index contributed by atoms with van der Waals surface area (Å²) in [5, 5.41) is 6.25. The Kier molecular flexibility index (Phi) is 6.69.